The summed E-state index contributed by atoms with van der Waals surface area (Å²) >= 11 is 6.22. The van der Waals surface area contributed by atoms with E-state index in [1.165, 1.54) is 54.9 Å². The number of esters is 2. The molecule has 2 aromatic rings. The van der Waals surface area contributed by atoms with Gasteiger partial charge in [-0.25, -0.2) is 18.0 Å². The minimum absolute atomic E-state index is 0.0385. The van der Waals surface area contributed by atoms with Gasteiger partial charge in [0.25, 0.3) is 5.91 Å². The molecule has 12 heteroatoms. The molecule has 0 unspecified atom stereocenters. The predicted molar refractivity (Wildman–Crippen MR) is 127 cm³/mol. The van der Waals surface area contributed by atoms with E-state index in [0.717, 1.165) is 19.3 Å². The molecule has 10 nitrogen and oxygen atoms in total. The first-order valence-corrected chi connectivity index (χ1v) is 12.5. The summed E-state index contributed by atoms with van der Waals surface area (Å²) in [7, 11) is -1.29. The number of carbonyl (C=O) groups is 3. The van der Waals surface area contributed by atoms with Crippen molar-refractivity contribution < 1.29 is 37.0 Å². The number of halogens is 1. The van der Waals surface area contributed by atoms with E-state index in [9.17, 15) is 22.8 Å². The number of benzene rings is 2. The quantitative estimate of drug-likeness (QED) is 0.522. The van der Waals surface area contributed by atoms with E-state index < -0.39 is 34.5 Å². The van der Waals surface area contributed by atoms with Crippen molar-refractivity contribution >= 4 is 45.2 Å². The molecule has 1 aliphatic heterocycles. The Hall–Kier alpha value is -3.15. The summed E-state index contributed by atoms with van der Waals surface area (Å²) in [5.74, 6) is -1.88. The third-order valence-corrected chi connectivity index (χ3v) is 7.46. The maximum Gasteiger partial charge on any atom is 0.337 e. The fourth-order valence-electron chi connectivity index (χ4n) is 3.52. The van der Waals surface area contributed by atoms with Gasteiger partial charge in [-0.2, -0.15) is 4.31 Å². The normalized spacial score (nSPS) is 14.1. The molecule has 1 N–H and O–H groups in total. The Labute approximate surface area is 208 Å². The lowest BCUT2D eigenvalue weighted by Crippen LogP contribution is -2.35. The van der Waals surface area contributed by atoms with Crippen LogP contribution < -0.4 is 10.1 Å². The van der Waals surface area contributed by atoms with Crippen molar-refractivity contribution in [1.29, 1.82) is 0 Å². The van der Waals surface area contributed by atoms with Gasteiger partial charge in [0.15, 0.2) is 6.61 Å². The van der Waals surface area contributed by atoms with E-state index in [4.69, 9.17) is 16.3 Å². The number of rotatable bonds is 8. The molecular weight excluding hydrogens is 500 g/mol. The average molecular weight is 525 g/mol. The molecule has 0 aliphatic carbocycles. The number of anilines is 1. The summed E-state index contributed by atoms with van der Waals surface area (Å²) in [6.45, 7) is 0.467. The Kier molecular flexibility index (Phi) is 8.71. The Morgan fingerprint density at radius 1 is 0.943 bits per heavy atom. The van der Waals surface area contributed by atoms with Crippen molar-refractivity contribution in [2.75, 3.05) is 39.2 Å². The first-order chi connectivity index (χ1) is 16.6. The van der Waals surface area contributed by atoms with E-state index in [1.54, 1.807) is 0 Å². The first kappa shape index (κ1) is 26.5. The van der Waals surface area contributed by atoms with Crippen LogP contribution in [0.4, 0.5) is 5.69 Å². The van der Waals surface area contributed by atoms with Crippen LogP contribution in [0.5, 0.6) is 5.75 Å². The van der Waals surface area contributed by atoms with Crippen LogP contribution in [0.1, 0.15) is 40.0 Å². The van der Waals surface area contributed by atoms with Crippen LogP contribution in [-0.2, 0) is 24.3 Å². The zero-order valence-electron chi connectivity index (χ0n) is 19.2. The Balaban J connectivity index is 1.69. The maximum atomic E-state index is 12.8. The fraction of sp³-hybridized carbons (Fsp3) is 0.348. The smallest absolute Gasteiger partial charge is 0.337 e. The van der Waals surface area contributed by atoms with Crippen molar-refractivity contribution in [3.8, 4) is 5.75 Å². The fourth-order valence-corrected chi connectivity index (χ4v) is 5.37. The number of hydrogen-bond donors (Lipinski definition) is 1. The molecule has 0 aromatic heterocycles. The molecule has 0 saturated carbocycles. The largest absolute Gasteiger partial charge is 0.482 e. The van der Waals surface area contributed by atoms with Crippen LogP contribution in [0.15, 0.2) is 41.3 Å². The summed E-state index contributed by atoms with van der Waals surface area (Å²) in [6.07, 6.45) is 2.62. The van der Waals surface area contributed by atoms with Gasteiger partial charge < -0.3 is 19.5 Å². The lowest BCUT2D eigenvalue weighted by atomic mass is 10.1. The summed E-state index contributed by atoms with van der Waals surface area (Å²) in [5, 5.41) is 2.56. The third-order valence-electron chi connectivity index (χ3n) is 5.27. The average Bonchev–Trinajstić information content (AvgIpc) is 2.87. The minimum atomic E-state index is -3.66. The number of sulfonamides is 1. The third kappa shape index (κ3) is 6.50. The van der Waals surface area contributed by atoms with E-state index in [1.807, 2.05) is 0 Å². The van der Waals surface area contributed by atoms with Gasteiger partial charge in [-0.05, 0) is 49.2 Å². The van der Waals surface area contributed by atoms with E-state index >= 15 is 0 Å². The summed E-state index contributed by atoms with van der Waals surface area (Å²) in [4.78, 5) is 36.2. The van der Waals surface area contributed by atoms with Crippen molar-refractivity contribution in [2.45, 2.75) is 24.2 Å². The highest BCUT2D eigenvalue weighted by Crippen LogP contribution is 2.30. The van der Waals surface area contributed by atoms with Crippen LogP contribution in [0.2, 0.25) is 5.02 Å². The Morgan fingerprint density at radius 2 is 1.54 bits per heavy atom. The summed E-state index contributed by atoms with van der Waals surface area (Å²) in [6, 6.07) is 8.02. The topological polar surface area (TPSA) is 128 Å². The lowest BCUT2D eigenvalue weighted by Gasteiger charge is -2.26. The van der Waals surface area contributed by atoms with E-state index in [0.29, 0.717) is 13.1 Å². The van der Waals surface area contributed by atoms with Crippen LogP contribution in [0.3, 0.4) is 0 Å². The van der Waals surface area contributed by atoms with Gasteiger partial charge in [0.1, 0.15) is 5.75 Å². The highest BCUT2D eigenvalue weighted by Gasteiger charge is 2.26. The molecule has 0 radical (unpaired) electrons. The van der Waals surface area contributed by atoms with Gasteiger partial charge in [-0.3, -0.25) is 4.79 Å². The van der Waals surface area contributed by atoms with Crippen molar-refractivity contribution in [1.82, 2.24) is 4.31 Å². The molecule has 1 amide bonds. The monoisotopic (exact) mass is 524 g/mol. The van der Waals surface area contributed by atoms with Gasteiger partial charge in [0.2, 0.25) is 10.0 Å². The number of carbonyl (C=O) groups excluding carboxylic acids is 3. The highest BCUT2D eigenvalue weighted by atomic mass is 35.5. The Morgan fingerprint density at radius 3 is 2.09 bits per heavy atom. The second-order valence-corrected chi connectivity index (χ2v) is 10.0. The number of nitrogens with zero attached hydrogens (tertiary/aromatic N) is 1. The van der Waals surface area contributed by atoms with Crippen LogP contribution in [-0.4, -0.2) is 64.5 Å². The number of ether oxygens (including phenoxy) is 3. The molecule has 0 bridgehead atoms. The van der Waals surface area contributed by atoms with Gasteiger partial charge in [0, 0.05) is 18.8 Å². The van der Waals surface area contributed by atoms with Gasteiger partial charge >= 0.3 is 11.9 Å². The molecule has 1 saturated heterocycles. The van der Waals surface area contributed by atoms with Crippen LogP contribution in [0, 0.1) is 0 Å². The molecule has 0 atom stereocenters. The molecule has 0 spiro atoms. The Bertz CT molecular complexity index is 1190. The minimum Gasteiger partial charge on any atom is -0.482 e. The molecule has 2 aromatic carbocycles. The second kappa shape index (κ2) is 11.5. The molecule has 3 rings (SSSR count). The zero-order chi connectivity index (χ0) is 25.6. The van der Waals surface area contributed by atoms with E-state index in [-0.39, 0.29) is 32.5 Å². The molecule has 188 valence electrons. The van der Waals surface area contributed by atoms with Gasteiger partial charge in [-0.1, -0.05) is 18.0 Å². The van der Waals surface area contributed by atoms with Crippen LogP contribution in [0.25, 0.3) is 0 Å². The zero-order valence-corrected chi connectivity index (χ0v) is 20.8. The maximum absolute atomic E-state index is 12.8. The van der Waals surface area contributed by atoms with Gasteiger partial charge in [-0.15, -0.1) is 0 Å². The number of hydrogen-bond acceptors (Lipinski definition) is 8. The predicted octanol–water partition coefficient (Wildman–Crippen LogP) is 3.11. The van der Waals surface area contributed by atoms with E-state index in [2.05, 4.69) is 14.8 Å². The van der Waals surface area contributed by atoms with Gasteiger partial charge in [0.05, 0.1) is 35.3 Å². The molecular formula is C23H25ClN2O8S. The number of methoxy groups -OCH3 is 2. The number of amides is 1. The molecule has 1 aliphatic rings. The summed E-state index contributed by atoms with van der Waals surface area (Å²) in [5.41, 5.74) is 0.233. The number of nitrogens with one attached hydrogen (secondary N) is 1. The van der Waals surface area contributed by atoms with Crippen molar-refractivity contribution in [2.24, 2.45) is 0 Å². The standard InChI is InChI=1S/C23H25ClN2O8S/c1-32-22(28)15-10-16(23(29)33-2)12-17(11-15)25-21(27)14-34-20-7-6-18(13-19(20)24)35(30,31)26-8-4-3-5-9-26/h6-7,10-13H,3-5,8-9,14H2,1-2H3,(H,25,27). The second-order valence-electron chi connectivity index (χ2n) is 7.68. The number of piperidine rings is 1. The van der Waals surface area contributed by atoms with Crippen LogP contribution >= 0.6 is 11.6 Å². The van der Waals surface area contributed by atoms with Crippen molar-refractivity contribution in [3.05, 3.63) is 52.5 Å². The molecule has 1 fully saturated rings. The molecule has 35 heavy (non-hydrogen) atoms. The SMILES string of the molecule is COC(=O)c1cc(NC(=O)COc2ccc(S(=O)(=O)N3CCCCC3)cc2Cl)cc(C(=O)OC)c1. The summed E-state index contributed by atoms with van der Waals surface area (Å²) < 4.78 is 41.8. The van der Waals surface area contributed by atoms with Crippen molar-refractivity contribution in [3.63, 3.8) is 0 Å². The lowest BCUT2D eigenvalue weighted by molar-refractivity contribution is -0.118. The highest BCUT2D eigenvalue weighted by molar-refractivity contribution is 7.89. The molecule has 1 heterocycles. The first-order valence-electron chi connectivity index (χ1n) is 10.7.